The second kappa shape index (κ2) is 4.26. The van der Waals surface area contributed by atoms with Crippen molar-refractivity contribution < 1.29 is 18.0 Å². The number of carbonyl (C=O) groups excluding carboxylic acids is 1. The molecule has 3 nitrogen and oxygen atoms in total. The van der Waals surface area contributed by atoms with E-state index in [-0.39, 0.29) is 11.4 Å². The SMILES string of the molecule is C=CC(=O)Nc1cc(N)ccc1C(F)(F)F. The minimum absolute atomic E-state index is 0.132. The molecule has 86 valence electrons. The molecule has 1 aromatic rings. The van der Waals surface area contributed by atoms with Crippen molar-refractivity contribution in [1.82, 2.24) is 0 Å². The summed E-state index contributed by atoms with van der Waals surface area (Å²) in [4.78, 5) is 10.9. The first-order chi connectivity index (χ1) is 7.34. The van der Waals surface area contributed by atoms with E-state index >= 15 is 0 Å². The zero-order chi connectivity index (χ0) is 12.3. The maximum atomic E-state index is 12.5. The van der Waals surface area contributed by atoms with Crippen LogP contribution in [0.2, 0.25) is 0 Å². The first-order valence-corrected chi connectivity index (χ1v) is 4.24. The molecule has 0 unspecified atom stereocenters. The lowest BCUT2D eigenvalue weighted by molar-refractivity contribution is -0.136. The maximum absolute atomic E-state index is 12.5. The normalized spacial score (nSPS) is 10.9. The van der Waals surface area contributed by atoms with Crippen LogP contribution in [0.1, 0.15) is 5.56 Å². The largest absolute Gasteiger partial charge is 0.418 e. The molecule has 0 aliphatic rings. The second-order valence-corrected chi connectivity index (χ2v) is 3.00. The molecule has 3 N–H and O–H groups in total. The number of alkyl halides is 3. The number of rotatable bonds is 2. The Morgan fingerprint density at radius 1 is 1.44 bits per heavy atom. The molecule has 0 radical (unpaired) electrons. The van der Waals surface area contributed by atoms with E-state index in [2.05, 4.69) is 11.9 Å². The Morgan fingerprint density at radius 3 is 2.56 bits per heavy atom. The van der Waals surface area contributed by atoms with Crippen LogP contribution in [0.5, 0.6) is 0 Å². The van der Waals surface area contributed by atoms with Gasteiger partial charge in [0.25, 0.3) is 0 Å². The lowest BCUT2D eigenvalue weighted by Crippen LogP contribution is -2.14. The number of halogens is 3. The minimum Gasteiger partial charge on any atom is -0.399 e. The summed E-state index contributed by atoms with van der Waals surface area (Å²) < 4.78 is 37.5. The molecular formula is C10H9F3N2O. The number of hydrogen-bond donors (Lipinski definition) is 2. The fraction of sp³-hybridized carbons (Fsp3) is 0.100. The molecule has 1 aromatic carbocycles. The number of nitrogens with two attached hydrogens (primary N) is 1. The van der Waals surface area contributed by atoms with Crippen molar-refractivity contribution >= 4 is 17.3 Å². The van der Waals surface area contributed by atoms with E-state index in [9.17, 15) is 18.0 Å². The number of amides is 1. The van der Waals surface area contributed by atoms with Crippen LogP contribution in [-0.4, -0.2) is 5.91 Å². The van der Waals surface area contributed by atoms with Crippen LogP contribution < -0.4 is 11.1 Å². The van der Waals surface area contributed by atoms with Crippen LogP contribution in [0, 0.1) is 0 Å². The highest BCUT2D eigenvalue weighted by atomic mass is 19.4. The number of anilines is 2. The molecule has 0 aromatic heterocycles. The molecular weight excluding hydrogens is 221 g/mol. The third-order valence-electron chi connectivity index (χ3n) is 1.79. The third-order valence-corrected chi connectivity index (χ3v) is 1.79. The average Bonchev–Trinajstić information content (AvgIpc) is 2.15. The highest BCUT2D eigenvalue weighted by molar-refractivity contribution is 5.99. The molecule has 0 atom stereocenters. The van der Waals surface area contributed by atoms with Gasteiger partial charge in [0, 0.05) is 5.69 Å². The van der Waals surface area contributed by atoms with Crippen LogP contribution >= 0.6 is 0 Å². The molecule has 0 heterocycles. The van der Waals surface area contributed by atoms with Gasteiger partial charge in [-0.15, -0.1) is 0 Å². The quantitative estimate of drug-likeness (QED) is 0.605. The zero-order valence-corrected chi connectivity index (χ0v) is 8.14. The summed E-state index contributed by atoms with van der Waals surface area (Å²) in [5.74, 6) is -0.726. The Morgan fingerprint density at radius 2 is 2.06 bits per heavy atom. The standard InChI is InChI=1S/C10H9F3N2O/c1-2-9(16)15-8-5-6(14)3-4-7(8)10(11,12)13/h2-5H,1,14H2,(H,15,16). The molecule has 0 saturated carbocycles. The van der Waals surface area contributed by atoms with E-state index in [1.54, 1.807) is 0 Å². The predicted molar refractivity (Wildman–Crippen MR) is 54.7 cm³/mol. The number of nitrogens with one attached hydrogen (secondary N) is 1. The predicted octanol–water partition coefficient (Wildman–Crippen LogP) is 2.41. The smallest absolute Gasteiger partial charge is 0.399 e. The van der Waals surface area contributed by atoms with Crippen LogP contribution in [0.25, 0.3) is 0 Å². The number of nitrogen functional groups attached to an aromatic ring is 1. The van der Waals surface area contributed by atoms with E-state index < -0.39 is 17.6 Å². The van der Waals surface area contributed by atoms with Crippen molar-refractivity contribution in [2.75, 3.05) is 11.1 Å². The first kappa shape index (κ1) is 12.1. The summed E-state index contributed by atoms with van der Waals surface area (Å²) in [7, 11) is 0. The van der Waals surface area contributed by atoms with Crippen molar-refractivity contribution in [1.29, 1.82) is 0 Å². The highest BCUT2D eigenvalue weighted by Crippen LogP contribution is 2.35. The van der Waals surface area contributed by atoms with Gasteiger partial charge in [-0.2, -0.15) is 13.2 Å². The molecule has 0 aliphatic heterocycles. The first-order valence-electron chi connectivity index (χ1n) is 4.24. The number of carbonyl (C=O) groups is 1. The van der Waals surface area contributed by atoms with Gasteiger partial charge in [-0.25, -0.2) is 0 Å². The molecule has 1 rings (SSSR count). The summed E-state index contributed by atoms with van der Waals surface area (Å²) in [5, 5.41) is 2.05. The molecule has 0 saturated heterocycles. The second-order valence-electron chi connectivity index (χ2n) is 3.00. The Labute approximate surface area is 89.7 Å². The van der Waals surface area contributed by atoms with Gasteiger partial charge in [0.2, 0.25) is 5.91 Å². The zero-order valence-electron chi connectivity index (χ0n) is 8.14. The molecule has 0 aliphatic carbocycles. The molecule has 6 heteroatoms. The van der Waals surface area contributed by atoms with E-state index in [4.69, 9.17) is 5.73 Å². The molecule has 16 heavy (non-hydrogen) atoms. The van der Waals surface area contributed by atoms with E-state index in [0.29, 0.717) is 0 Å². The van der Waals surface area contributed by atoms with Gasteiger partial charge in [0.15, 0.2) is 0 Å². The lowest BCUT2D eigenvalue weighted by Gasteiger charge is -2.13. The Bertz CT molecular complexity index is 427. The van der Waals surface area contributed by atoms with Gasteiger partial charge in [0.1, 0.15) is 0 Å². The van der Waals surface area contributed by atoms with Gasteiger partial charge < -0.3 is 11.1 Å². The Balaban J connectivity index is 3.18. The van der Waals surface area contributed by atoms with Gasteiger partial charge in [-0.3, -0.25) is 4.79 Å². The summed E-state index contributed by atoms with van der Waals surface area (Å²) in [6, 6.07) is 2.98. The van der Waals surface area contributed by atoms with Gasteiger partial charge >= 0.3 is 6.18 Å². The van der Waals surface area contributed by atoms with Gasteiger partial charge in [-0.1, -0.05) is 6.58 Å². The highest BCUT2D eigenvalue weighted by Gasteiger charge is 2.33. The molecule has 0 fully saturated rings. The lowest BCUT2D eigenvalue weighted by atomic mass is 10.1. The number of hydrogen-bond acceptors (Lipinski definition) is 2. The summed E-state index contributed by atoms with van der Waals surface area (Å²) in [6.07, 6.45) is -3.67. The molecule has 0 spiro atoms. The van der Waals surface area contributed by atoms with Crippen LogP contribution in [0.4, 0.5) is 24.5 Å². The van der Waals surface area contributed by atoms with Crippen molar-refractivity contribution in [2.45, 2.75) is 6.18 Å². The maximum Gasteiger partial charge on any atom is 0.418 e. The van der Waals surface area contributed by atoms with Gasteiger partial charge in [-0.05, 0) is 24.3 Å². The Kier molecular flexibility index (Phi) is 3.22. The summed E-state index contributed by atoms with van der Waals surface area (Å²) in [6.45, 7) is 3.15. The number of benzene rings is 1. The van der Waals surface area contributed by atoms with Gasteiger partial charge in [0.05, 0.1) is 11.3 Å². The van der Waals surface area contributed by atoms with Crippen molar-refractivity contribution in [3.63, 3.8) is 0 Å². The average molecular weight is 230 g/mol. The van der Waals surface area contributed by atoms with E-state index in [1.807, 2.05) is 0 Å². The van der Waals surface area contributed by atoms with E-state index in [0.717, 1.165) is 24.3 Å². The van der Waals surface area contributed by atoms with E-state index in [1.165, 1.54) is 0 Å². The van der Waals surface area contributed by atoms with Crippen LogP contribution in [0.15, 0.2) is 30.9 Å². The minimum atomic E-state index is -4.54. The fourth-order valence-electron chi connectivity index (χ4n) is 1.10. The molecule has 0 bridgehead atoms. The Hall–Kier alpha value is -1.98. The van der Waals surface area contributed by atoms with Crippen molar-refractivity contribution in [3.05, 3.63) is 36.4 Å². The van der Waals surface area contributed by atoms with Crippen molar-refractivity contribution in [3.8, 4) is 0 Å². The van der Waals surface area contributed by atoms with Crippen LogP contribution in [0.3, 0.4) is 0 Å². The van der Waals surface area contributed by atoms with Crippen LogP contribution in [-0.2, 0) is 11.0 Å². The topological polar surface area (TPSA) is 55.1 Å². The summed E-state index contributed by atoms with van der Waals surface area (Å²) >= 11 is 0. The monoisotopic (exact) mass is 230 g/mol. The summed E-state index contributed by atoms with van der Waals surface area (Å²) in [5.41, 5.74) is 4.15. The fourth-order valence-corrected chi connectivity index (χ4v) is 1.10. The third kappa shape index (κ3) is 2.75. The van der Waals surface area contributed by atoms with Crippen molar-refractivity contribution in [2.24, 2.45) is 0 Å². The molecule has 1 amide bonds.